The van der Waals surface area contributed by atoms with Crippen molar-refractivity contribution < 1.29 is 14.3 Å². The molecule has 0 aliphatic rings. The quantitative estimate of drug-likeness (QED) is 0.694. The molecular weight excluding hydrogens is 320 g/mol. The first kappa shape index (κ1) is 20.9. The topological polar surface area (TPSA) is 66.0 Å². The van der Waals surface area contributed by atoms with Gasteiger partial charge < -0.3 is 19.4 Å². The van der Waals surface area contributed by atoms with Gasteiger partial charge in [-0.1, -0.05) is 0 Å². The van der Waals surface area contributed by atoms with Crippen LogP contribution in [-0.4, -0.2) is 80.1 Å². The highest BCUT2D eigenvalue weighted by atomic mass is 16.6. The second kappa shape index (κ2) is 8.80. The molecule has 1 heterocycles. The lowest BCUT2D eigenvalue weighted by Crippen LogP contribution is -2.42. The minimum absolute atomic E-state index is 0.0798. The number of amides is 1. The summed E-state index contributed by atoms with van der Waals surface area (Å²) in [7, 11) is 7.57. The summed E-state index contributed by atoms with van der Waals surface area (Å²) < 4.78 is 5.36. The number of hydrogen-bond acceptors (Lipinski definition) is 6. The Morgan fingerprint density at radius 1 is 1.12 bits per heavy atom. The predicted molar refractivity (Wildman–Crippen MR) is 98.9 cm³/mol. The van der Waals surface area contributed by atoms with Crippen LogP contribution < -0.4 is 4.90 Å². The number of aromatic nitrogens is 1. The van der Waals surface area contributed by atoms with Gasteiger partial charge >= 0.3 is 5.97 Å². The smallest absolute Gasteiger partial charge is 0.326 e. The lowest BCUT2D eigenvalue weighted by Gasteiger charge is -2.26. The van der Waals surface area contributed by atoms with Crippen molar-refractivity contribution >= 4 is 17.7 Å². The molecule has 25 heavy (non-hydrogen) atoms. The summed E-state index contributed by atoms with van der Waals surface area (Å²) in [5, 5.41) is 0. The Labute approximate surface area is 150 Å². The van der Waals surface area contributed by atoms with E-state index in [9.17, 15) is 9.59 Å². The monoisotopic (exact) mass is 350 g/mol. The largest absolute Gasteiger partial charge is 0.459 e. The third-order valence-corrected chi connectivity index (χ3v) is 3.29. The van der Waals surface area contributed by atoms with E-state index >= 15 is 0 Å². The second-order valence-electron chi connectivity index (χ2n) is 7.41. The molecule has 0 saturated heterocycles. The predicted octanol–water partition coefficient (Wildman–Crippen LogP) is 1.49. The van der Waals surface area contributed by atoms with E-state index in [1.807, 2.05) is 58.8 Å². The van der Waals surface area contributed by atoms with Crippen LogP contribution >= 0.6 is 0 Å². The van der Waals surface area contributed by atoms with Crippen LogP contribution in [0.15, 0.2) is 18.3 Å². The maximum atomic E-state index is 12.9. The van der Waals surface area contributed by atoms with Gasteiger partial charge in [0.25, 0.3) is 5.91 Å². The van der Waals surface area contributed by atoms with Crippen molar-refractivity contribution in [1.29, 1.82) is 0 Å². The number of carbonyl (C=O) groups excluding carboxylic acids is 2. The minimum atomic E-state index is -0.581. The summed E-state index contributed by atoms with van der Waals surface area (Å²) in [6.07, 6.45) is 1.60. The lowest BCUT2D eigenvalue weighted by atomic mass is 10.2. The molecule has 7 heteroatoms. The van der Waals surface area contributed by atoms with Crippen LogP contribution in [0.2, 0.25) is 0 Å². The van der Waals surface area contributed by atoms with Crippen molar-refractivity contribution in [3.05, 3.63) is 23.9 Å². The zero-order valence-electron chi connectivity index (χ0n) is 16.4. The van der Waals surface area contributed by atoms with Gasteiger partial charge in [-0.2, -0.15) is 0 Å². The van der Waals surface area contributed by atoms with E-state index < -0.39 is 11.6 Å². The molecule has 0 aliphatic carbocycles. The van der Waals surface area contributed by atoms with Crippen molar-refractivity contribution in [3.63, 3.8) is 0 Å². The Balaban J connectivity index is 2.96. The Bertz CT molecular complexity index is 594. The van der Waals surface area contributed by atoms with Crippen LogP contribution in [0.5, 0.6) is 0 Å². The first-order valence-electron chi connectivity index (χ1n) is 8.29. The molecule has 1 rings (SSSR count). The summed E-state index contributed by atoms with van der Waals surface area (Å²) in [6, 6.07) is 3.38. The number of nitrogens with zero attached hydrogens (tertiary/aromatic N) is 4. The van der Waals surface area contributed by atoms with Gasteiger partial charge in [-0.3, -0.25) is 9.59 Å². The molecule has 1 amide bonds. The number of likely N-dealkylation sites (N-methyl/N-ethyl adjacent to an activating group) is 1. The maximum absolute atomic E-state index is 12.9. The zero-order chi connectivity index (χ0) is 19.2. The van der Waals surface area contributed by atoms with Gasteiger partial charge in [0.05, 0.1) is 0 Å². The number of carbonyl (C=O) groups is 2. The normalized spacial score (nSPS) is 11.4. The van der Waals surface area contributed by atoms with Crippen LogP contribution in [0.1, 0.15) is 31.1 Å². The van der Waals surface area contributed by atoms with Crippen molar-refractivity contribution in [1.82, 2.24) is 14.8 Å². The first-order valence-corrected chi connectivity index (χ1v) is 8.29. The molecular formula is C18H30N4O3. The Kier molecular flexibility index (Phi) is 7.36. The van der Waals surface area contributed by atoms with Crippen LogP contribution in [-0.2, 0) is 9.53 Å². The summed E-state index contributed by atoms with van der Waals surface area (Å²) in [5.41, 5.74) is -0.0803. The average molecular weight is 350 g/mol. The van der Waals surface area contributed by atoms with E-state index in [0.29, 0.717) is 24.5 Å². The van der Waals surface area contributed by atoms with Crippen LogP contribution in [0, 0.1) is 0 Å². The molecule has 0 spiro atoms. The second-order valence-corrected chi connectivity index (χ2v) is 7.41. The molecule has 0 N–H and O–H groups in total. The van der Waals surface area contributed by atoms with Crippen molar-refractivity contribution in [2.24, 2.45) is 0 Å². The molecule has 0 atom stereocenters. The van der Waals surface area contributed by atoms with Crippen molar-refractivity contribution in [2.75, 3.05) is 52.7 Å². The van der Waals surface area contributed by atoms with Gasteiger partial charge in [-0.15, -0.1) is 0 Å². The Morgan fingerprint density at radius 2 is 1.76 bits per heavy atom. The molecule has 7 nitrogen and oxygen atoms in total. The Morgan fingerprint density at radius 3 is 2.28 bits per heavy atom. The number of ether oxygens (including phenoxy) is 1. The highest BCUT2D eigenvalue weighted by Gasteiger charge is 2.23. The van der Waals surface area contributed by atoms with E-state index in [1.165, 1.54) is 4.90 Å². The summed E-state index contributed by atoms with van der Waals surface area (Å²) >= 11 is 0. The van der Waals surface area contributed by atoms with Gasteiger partial charge in [0.1, 0.15) is 18.0 Å². The number of rotatable bonds is 7. The van der Waals surface area contributed by atoms with Gasteiger partial charge in [0.15, 0.2) is 0 Å². The molecule has 0 aliphatic heterocycles. The SMILES string of the molecule is CN(C)CCN(CC(=O)OC(C)(C)C)C(=O)c1ccnc(N(C)C)c1. The summed E-state index contributed by atoms with van der Waals surface area (Å²) in [5.74, 6) is 0.0652. The van der Waals surface area contributed by atoms with Crippen LogP contribution in [0.4, 0.5) is 5.82 Å². The Hall–Kier alpha value is -2.15. The highest BCUT2D eigenvalue weighted by Crippen LogP contribution is 2.13. The zero-order valence-corrected chi connectivity index (χ0v) is 16.4. The fourth-order valence-electron chi connectivity index (χ4n) is 2.08. The van der Waals surface area contributed by atoms with Crippen LogP contribution in [0.3, 0.4) is 0 Å². The minimum Gasteiger partial charge on any atom is -0.459 e. The molecule has 0 unspecified atom stereocenters. The maximum Gasteiger partial charge on any atom is 0.326 e. The first-order chi connectivity index (χ1) is 11.5. The molecule has 0 fully saturated rings. The molecule has 0 radical (unpaired) electrons. The fourth-order valence-corrected chi connectivity index (χ4v) is 2.08. The molecule has 1 aromatic heterocycles. The highest BCUT2D eigenvalue weighted by molar-refractivity contribution is 5.96. The van der Waals surface area contributed by atoms with E-state index in [2.05, 4.69) is 4.98 Å². The van der Waals surface area contributed by atoms with E-state index in [1.54, 1.807) is 18.3 Å². The molecule has 0 aromatic carbocycles. The number of esters is 1. The van der Waals surface area contributed by atoms with Crippen molar-refractivity contribution in [3.8, 4) is 0 Å². The van der Waals surface area contributed by atoms with Crippen molar-refractivity contribution in [2.45, 2.75) is 26.4 Å². The molecule has 0 saturated carbocycles. The third-order valence-electron chi connectivity index (χ3n) is 3.29. The summed E-state index contributed by atoms with van der Waals surface area (Å²) in [4.78, 5) is 34.6. The van der Waals surface area contributed by atoms with Gasteiger partial charge in [-0.05, 0) is 47.0 Å². The molecule has 140 valence electrons. The third kappa shape index (κ3) is 7.51. The lowest BCUT2D eigenvalue weighted by molar-refractivity contribution is -0.155. The fraction of sp³-hybridized carbons (Fsp3) is 0.611. The van der Waals surface area contributed by atoms with E-state index in [0.717, 1.165) is 0 Å². The van der Waals surface area contributed by atoms with Crippen LogP contribution in [0.25, 0.3) is 0 Å². The van der Waals surface area contributed by atoms with Gasteiger partial charge in [0.2, 0.25) is 0 Å². The summed E-state index contributed by atoms with van der Waals surface area (Å²) in [6.45, 7) is 6.43. The average Bonchev–Trinajstić information content (AvgIpc) is 2.48. The van der Waals surface area contributed by atoms with Gasteiger partial charge in [-0.25, -0.2) is 4.98 Å². The molecule has 1 aromatic rings. The standard InChI is InChI=1S/C18H30N4O3/c1-18(2,3)25-16(23)13-22(11-10-20(4)5)17(24)14-8-9-19-15(12-14)21(6)7/h8-9,12H,10-11,13H2,1-7H3. The number of pyridine rings is 1. The van der Waals surface area contributed by atoms with E-state index in [-0.39, 0.29) is 12.5 Å². The van der Waals surface area contributed by atoms with E-state index in [4.69, 9.17) is 4.74 Å². The number of anilines is 1. The molecule has 0 bridgehead atoms. The van der Waals surface area contributed by atoms with Gasteiger partial charge in [0, 0.05) is 38.9 Å². The number of hydrogen-bond donors (Lipinski definition) is 0.